The van der Waals surface area contributed by atoms with Crippen LogP contribution < -0.4 is 0 Å². The summed E-state index contributed by atoms with van der Waals surface area (Å²) in [4.78, 5) is 21.7. The molecule has 4 atom stereocenters. The Kier molecular flexibility index (Phi) is 2.65. The fourth-order valence-electron chi connectivity index (χ4n) is 2.54. The first-order chi connectivity index (χ1) is 7.09. The monoisotopic (exact) mass is 214 g/mol. The largest absolute Gasteiger partial charge is 0.481 e. The molecular formula is C10H14O5. The van der Waals surface area contributed by atoms with Gasteiger partial charge in [-0.1, -0.05) is 0 Å². The van der Waals surface area contributed by atoms with Crippen molar-refractivity contribution in [3.8, 4) is 0 Å². The molecule has 0 aromatic carbocycles. The summed E-state index contributed by atoms with van der Waals surface area (Å²) in [6.07, 6.45) is 1.45. The summed E-state index contributed by atoms with van der Waals surface area (Å²) in [5, 5.41) is 9.05. The van der Waals surface area contributed by atoms with Crippen LogP contribution in [0.25, 0.3) is 0 Å². The molecule has 1 N–H and O–H groups in total. The summed E-state index contributed by atoms with van der Waals surface area (Å²) in [7, 11) is 0. The van der Waals surface area contributed by atoms with Crippen LogP contribution in [-0.4, -0.2) is 35.9 Å². The highest BCUT2D eigenvalue weighted by molar-refractivity contribution is 5.72. The van der Waals surface area contributed by atoms with Gasteiger partial charge < -0.3 is 14.6 Å². The predicted octanol–water partition coefficient (Wildman–Crippen LogP) is 0.428. The van der Waals surface area contributed by atoms with Gasteiger partial charge in [0.05, 0.1) is 24.7 Å². The Morgan fingerprint density at radius 2 is 2.07 bits per heavy atom. The van der Waals surface area contributed by atoms with Gasteiger partial charge in [-0.2, -0.15) is 0 Å². The van der Waals surface area contributed by atoms with Crippen molar-refractivity contribution < 1.29 is 24.2 Å². The number of carbonyl (C=O) groups excluding carboxylic acids is 1. The molecule has 5 heteroatoms. The molecule has 2 saturated heterocycles. The minimum atomic E-state index is -0.848. The number of fused-ring (bicyclic) bond motifs is 2. The smallest absolute Gasteiger partial charge is 0.309 e. The van der Waals surface area contributed by atoms with Crippen molar-refractivity contribution in [3.05, 3.63) is 0 Å². The van der Waals surface area contributed by atoms with Gasteiger partial charge in [-0.3, -0.25) is 9.59 Å². The Bertz CT molecular complexity index is 288. The first kappa shape index (κ1) is 10.4. The topological polar surface area (TPSA) is 72.8 Å². The molecule has 0 saturated carbocycles. The van der Waals surface area contributed by atoms with E-state index >= 15 is 0 Å². The second-order valence-corrected chi connectivity index (χ2v) is 4.12. The Balaban J connectivity index is 2.02. The van der Waals surface area contributed by atoms with Crippen LogP contribution in [0.2, 0.25) is 0 Å². The molecule has 0 aromatic heterocycles. The van der Waals surface area contributed by atoms with Gasteiger partial charge in [-0.25, -0.2) is 0 Å². The van der Waals surface area contributed by atoms with E-state index in [1.807, 2.05) is 0 Å². The average Bonchev–Trinajstić information content (AvgIpc) is 2.72. The molecule has 0 radical (unpaired) electrons. The number of carboxylic acids is 1. The van der Waals surface area contributed by atoms with Crippen LogP contribution in [0.15, 0.2) is 0 Å². The first-order valence-corrected chi connectivity index (χ1v) is 5.11. The molecule has 0 spiro atoms. The Morgan fingerprint density at radius 3 is 2.67 bits per heavy atom. The summed E-state index contributed by atoms with van der Waals surface area (Å²) < 4.78 is 10.4. The quantitative estimate of drug-likeness (QED) is 0.689. The van der Waals surface area contributed by atoms with E-state index in [2.05, 4.69) is 0 Å². The molecule has 5 nitrogen and oxygen atoms in total. The lowest BCUT2D eigenvalue weighted by molar-refractivity contribution is -0.150. The number of carbonyl (C=O) groups is 2. The van der Waals surface area contributed by atoms with Crippen molar-refractivity contribution in [2.75, 3.05) is 6.61 Å². The minimum Gasteiger partial charge on any atom is -0.481 e. The van der Waals surface area contributed by atoms with Crippen molar-refractivity contribution >= 4 is 11.9 Å². The van der Waals surface area contributed by atoms with E-state index < -0.39 is 11.9 Å². The van der Waals surface area contributed by atoms with E-state index in [0.717, 1.165) is 12.8 Å². The van der Waals surface area contributed by atoms with Crippen molar-refractivity contribution in [2.24, 2.45) is 11.8 Å². The zero-order valence-corrected chi connectivity index (χ0v) is 8.51. The van der Waals surface area contributed by atoms with E-state index in [-0.39, 0.29) is 30.7 Å². The van der Waals surface area contributed by atoms with E-state index in [1.54, 1.807) is 0 Å². The van der Waals surface area contributed by atoms with Crippen LogP contribution in [0.5, 0.6) is 0 Å². The maximum atomic E-state index is 11.0. The lowest BCUT2D eigenvalue weighted by atomic mass is 9.80. The van der Waals surface area contributed by atoms with Crippen LogP contribution in [0.4, 0.5) is 0 Å². The number of aliphatic carboxylic acids is 1. The van der Waals surface area contributed by atoms with Crippen molar-refractivity contribution in [1.82, 2.24) is 0 Å². The number of hydrogen-bond acceptors (Lipinski definition) is 4. The van der Waals surface area contributed by atoms with Crippen LogP contribution >= 0.6 is 0 Å². The molecule has 2 heterocycles. The van der Waals surface area contributed by atoms with E-state index in [4.69, 9.17) is 14.6 Å². The third-order valence-corrected chi connectivity index (χ3v) is 3.19. The highest BCUT2D eigenvalue weighted by atomic mass is 16.5. The third-order valence-electron chi connectivity index (χ3n) is 3.19. The lowest BCUT2D eigenvalue weighted by Gasteiger charge is -2.23. The van der Waals surface area contributed by atoms with Gasteiger partial charge in [0, 0.05) is 12.8 Å². The molecule has 2 fully saturated rings. The van der Waals surface area contributed by atoms with E-state index in [1.165, 1.54) is 6.92 Å². The third kappa shape index (κ3) is 1.84. The van der Waals surface area contributed by atoms with Gasteiger partial charge in [-0.15, -0.1) is 0 Å². The van der Waals surface area contributed by atoms with Gasteiger partial charge in [-0.05, 0) is 12.8 Å². The predicted molar refractivity (Wildman–Crippen MR) is 49.1 cm³/mol. The van der Waals surface area contributed by atoms with Gasteiger partial charge in [0.2, 0.25) is 0 Å². The minimum absolute atomic E-state index is 0.0459. The van der Waals surface area contributed by atoms with Gasteiger partial charge >= 0.3 is 11.9 Å². The standard InChI is InChI=1S/C10H14O5/c1-5(11)14-4-6-7-2-3-8(15-7)9(6)10(12)13/h6-9H,2-4H2,1H3,(H,12,13). The fraction of sp³-hybridized carbons (Fsp3) is 0.800. The van der Waals surface area contributed by atoms with Crippen LogP contribution in [0.3, 0.4) is 0 Å². The fourth-order valence-corrected chi connectivity index (χ4v) is 2.54. The van der Waals surface area contributed by atoms with Crippen molar-refractivity contribution in [2.45, 2.75) is 32.0 Å². The molecule has 0 aliphatic carbocycles. The summed E-state index contributed by atoms with van der Waals surface area (Å²) in [5.41, 5.74) is 0. The lowest BCUT2D eigenvalue weighted by Crippen LogP contribution is -2.36. The van der Waals surface area contributed by atoms with Crippen LogP contribution in [-0.2, 0) is 19.1 Å². The summed E-state index contributed by atoms with van der Waals surface area (Å²) >= 11 is 0. The number of esters is 1. The zero-order valence-electron chi connectivity index (χ0n) is 8.51. The SMILES string of the molecule is CC(=O)OCC1C2CCC(O2)C1C(=O)O. The second kappa shape index (κ2) is 3.81. The number of ether oxygens (including phenoxy) is 2. The molecule has 15 heavy (non-hydrogen) atoms. The van der Waals surface area contributed by atoms with E-state index in [9.17, 15) is 9.59 Å². The number of rotatable bonds is 3. The highest BCUT2D eigenvalue weighted by Gasteiger charge is 2.52. The van der Waals surface area contributed by atoms with Gasteiger partial charge in [0.1, 0.15) is 0 Å². The van der Waals surface area contributed by atoms with Crippen molar-refractivity contribution in [1.29, 1.82) is 0 Å². The zero-order chi connectivity index (χ0) is 11.0. The molecule has 2 bridgehead atoms. The molecule has 2 rings (SSSR count). The maximum absolute atomic E-state index is 11.0. The number of carboxylic acid groups (broad SMARTS) is 1. The molecular weight excluding hydrogens is 200 g/mol. The second-order valence-electron chi connectivity index (χ2n) is 4.12. The van der Waals surface area contributed by atoms with Crippen LogP contribution in [0.1, 0.15) is 19.8 Å². The van der Waals surface area contributed by atoms with Gasteiger partial charge in [0.25, 0.3) is 0 Å². The molecule has 0 aromatic rings. The summed E-state index contributed by atoms with van der Waals surface area (Å²) in [6, 6.07) is 0. The summed E-state index contributed by atoms with van der Waals surface area (Å²) in [6.45, 7) is 1.48. The normalized spacial score (nSPS) is 37.9. The first-order valence-electron chi connectivity index (χ1n) is 5.11. The van der Waals surface area contributed by atoms with Gasteiger partial charge in [0.15, 0.2) is 0 Å². The van der Waals surface area contributed by atoms with E-state index in [0.29, 0.717) is 0 Å². The molecule has 4 unspecified atom stereocenters. The summed E-state index contributed by atoms with van der Waals surface area (Å²) in [5.74, 6) is -1.91. The highest BCUT2D eigenvalue weighted by Crippen LogP contribution is 2.43. The molecule has 2 aliphatic rings. The Labute approximate surface area is 87.4 Å². The maximum Gasteiger partial charge on any atom is 0.309 e. The Morgan fingerprint density at radius 1 is 1.40 bits per heavy atom. The van der Waals surface area contributed by atoms with Crippen molar-refractivity contribution in [3.63, 3.8) is 0 Å². The van der Waals surface area contributed by atoms with Crippen LogP contribution in [0, 0.1) is 11.8 Å². The molecule has 0 amide bonds. The average molecular weight is 214 g/mol. The molecule has 2 aliphatic heterocycles. The number of hydrogen-bond donors (Lipinski definition) is 1. The Hall–Kier alpha value is -1.10. The molecule has 84 valence electrons.